The number of ether oxygens (including phenoxy) is 1. The number of carbonyl (C=O) groups is 2. The largest absolute Gasteiger partial charge is 0.460 e. The summed E-state index contributed by atoms with van der Waals surface area (Å²) in [5.74, 6) is -1.06. The molecule has 0 bridgehead atoms. The van der Waals surface area contributed by atoms with Crippen LogP contribution in [0.5, 0.6) is 0 Å². The van der Waals surface area contributed by atoms with E-state index >= 15 is 0 Å². The lowest BCUT2D eigenvalue weighted by molar-refractivity contribution is 0.0483. The van der Waals surface area contributed by atoms with Crippen molar-refractivity contribution in [3.63, 3.8) is 0 Å². The van der Waals surface area contributed by atoms with Gasteiger partial charge in [-0.2, -0.15) is 9.40 Å². The molecule has 3 aromatic rings. The molecule has 0 atom stereocenters. The van der Waals surface area contributed by atoms with Crippen molar-refractivity contribution in [2.24, 2.45) is 0 Å². The van der Waals surface area contributed by atoms with Crippen LogP contribution in [0.4, 0.5) is 0 Å². The summed E-state index contributed by atoms with van der Waals surface area (Å²) in [6, 6.07) is 9.62. The quantitative estimate of drug-likeness (QED) is 0.505. The lowest BCUT2D eigenvalue weighted by Crippen LogP contribution is -2.50. The van der Waals surface area contributed by atoms with Crippen LogP contribution in [0.2, 0.25) is 0 Å². The summed E-state index contributed by atoms with van der Waals surface area (Å²) in [4.78, 5) is 26.2. The van der Waals surface area contributed by atoms with E-state index in [1.807, 2.05) is 25.3 Å². The van der Waals surface area contributed by atoms with Gasteiger partial charge in [0.15, 0.2) is 0 Å². The van der Waals surface area contributed by atoms with Crippen LogP contribution < -0.4 is 0 Å². The Balaban J connectivity index is 1.39. The Morgan fingerprint density at radius 3 is 2.36 bits per heavy atom. The van der Waals surface area contributed by atoms with E-state index in [2.05, 4.69) is 5.10 Å². The predicted molar refractivity (Wildman–Crippen MR) is 118 cm³/mol. The number of benzene rings is 1. The minimum Gasteiger partial charge on any atom is -0.460 e. The minimum atomic E-state index is -3.93. The molecule has 1 amide bonds. The summed E-state index contributed by atoms with van der Waals surface area (Å²) >= 11 is 0. The van der Waals surface area contributed by atoms with E-state index in [4.69, 9.17) is 9.15 Å². The first-order valence-electron chi connectivity index (χ1n) is 10.5. The van der Waals surface area contributed by atoms with Crippen LogP contribution >= 0.6 is 0 Å². The summed E-state index contributed by atoms with van der Waals surface area (Å²) in [7, 11) is -3.93. The molecule has 3 heterocycles. The molecule has 1 aromatic carbocycles. The summed E-state index contributed by atoms with van der Waals surface area (Å²) in [6.07, 6.45) is 3.65. The fraction of sp³-hybridized carbons (Fsp3) is 0.318. The maximum absolute atomic E-state index is 12.9. The maximum atomic E-state index is 12.9. The summed E-state index contributed by atoms with van der Waals surface area (Å²) in [5, 5.41) is 3.93. The molecule has 2 aromatic heterocycles. The zero-order valence-electron chi connectivity index (χ0n) is 18.3. The first kappa shape index (κ1) is 22.7. The zero-order valence-corrected chi connectivity index (χ0v) is 19.1. The number of carbonyl (C=O) groups excluding carboxylic acids is 2. The van der Waals surface area contributed by atoms with E-state index < -0.39 is 16.0 Å². The van der Waals surface area contributed by atoms with Crippen LogP contribution in [0.3, 0.4) is 0 Å². The van der Waals surface area contributed by atoms with Crippen molar-refractivity contribution in [2.45, 2.75) is 18.9 Å². The van der Waals surface area contributed by atoms with Crippen LogP contribution in [0.15, 0.2) is 58.3 Å². The number of sulfonamides is 1. The number of rotatable bonds is 6. The number of aryl methyl sites for hydroxylation is 1. The minimum absolute atomic E-state index is 0.119. The Morgan fingerprint density at radius 1 is 1.06 bits per heavy atom. The second-order valence-electron chi connectivity index (χ2n) is 7.54. The Labute approximate surface area is 191 Å². The summed E-state index contributed by atoms with van der Waals surface area (Å²) in [5.41, 5.74) is 2.40. The number of amides is 1. The van der Waals surface area contributed by atoms with Crippen LogP contribution in [-0.4, -0.2) is 72.1 Å². The second-order valence-corrected chi connectivity index (χ2v) is 9.41. The molecule has 4 rings (SSSR count). The van der Waals surface area contributed by atoms with Gasteiger partial charge in [0.05, 0.1) is 18.5 Å². The topological polar surface area (TPSA) is 115 Å². The first-order valence-corrected chi connectivity index (χ1v) is 11.9. The summed E-state index contributed by atoms with van der Waals surface area (Å²) in [6.45, 7) is 4.47. The SMILES string of the molecule is CCOC(=O)c1ccc(S(=O)(=O)N2CCN(C(=O)c3ccc(-n4cc(C)cn4)cc3)CC2)o1. The van der Waals surface area contributed by atoms with Crippen molar-refractivity contribution in [1.29, 1.82) is 0 Å². The van der Waals surface area contributed by atoms with Gasteiger partial charge in [-0.15, -0.1) is 0 Å². The Hall–Kier alpha value is -3.44. The van der Waals surface area contributed by atoms with Gasteiger partial charge in [-0.1, -0.05) is 0 Å². The predicted octanol–water partition coefficient (Wildman–Crippen LogP) is 2.10. The van der Waals surface area contributed by atoms with Gasteiger partial charge in [-0.25, -0.2) is 17.9 Å². The molecular weight excluding hydrogens is 448 g/mol. The fourth-order valence-electron chi connectivity index (χ4n) is 3.52. The number of furan rings is 1. The molecule has 10 nitrogen and oxygen atoms in total. The number of hydrogen-bond acceptors (Lipinski definition) is 7. The van der Waals surface area contributed by atoms with Gasteiger partial charge < -0.3 is 14.1 Å². The van der Waals surface area contributed by atoms with Gasteiger partial charge in [0, 0.05) is 37.9 Å². The van der Waals surface area contributed by atoms with E-state index in [0.717, 1.165) is 11.3 Å². The molecule has 0 saturated carbocycles. The lowest BCUT2D eigenvalue weighted by Gasteiger charge is -2.33. The smallest absolute Gasteiger partial charge is 0.374 e. The average Bonchev–Trinajstić information content (AvgIpc) is 3.49. The molecule has 33 heavy (non-hydrogen) atoms. The monoisotopic (exact) mass is 472 g/mol. The van der Waals surface area contributed by atoms with Gasteiger partial charge in [0.1, 0.15) is 0 Å². The van der Waals surface area contributed by atoms with E-state index in [-0.39, 0.29) is 49.5 Å². The lowest BCUT2D eigenvalue weighted by atomic mass is 10.1. The van der Waals surface area contributed by atoms with E-state index in [1.165, 1.54) is 16.4 Å². The highest BCUT2D eigenvalue weighted by molar-refractivity contribution is 7.89. The number of hydrogen-bond donors (Lipinski definition) is 0. The Bertz CT molecular complexity index is 1250. The molecule has 0 radical (unpaired) electrons. The molecule has 0 spiro atoms. The molecule has 0 aliphatic carbocycles. The molecule has 0 unspecified atom stereocenters. The van der Waals surface area contributed by atoms with Crippen LogP contribution in [0.1, 0.15) is 33.4 Å². The molecule has 11 heteroatoms. The van der Waals surface area contributed by atoms with E-state index in [1.54, 1.807) is 34.8 Å². The van der Waals surface area contributed by atoms with Gasteiger partial charge >= 0.3 is 5.97 Å². The molecule has 1 fully saturated rings. The van der Waals surface area contributed by atoms with Crippen LogP contribution in [-0.2, 0) is 14.8 Å². The second kappa shape index (κ2) is 9.20. The molecule has 174 valence electrons. The third-order valence-corrected chi connectivity index (χ3v) is 7.04. The Morgan fingerprint density at radius 2 is 1.76 bits per heavy atom. The van der Waals surface area contributed by atoms with E-state index in [0.29, 0.717) is 5.56 Å². The first-order chi connectivity index (χ1) is 15.8. The molecule has 1 saturated heterocycles. The third kappa shape index (κ3) is 4.69. The van der Waals surface area contributed by atoms with Gasteiger partial charge in [0.25, 0.3) is 15.9 Å². The van der Waals surface area contributed by atoms with Gasteiger partial charge in [-0.05, 0) is 55.8 Å². The number of esters is 1. The average molecular weight is 473 g/mol. The van der Waals surface area contributed by atoms with Gasteiger partial charge in [-0.3, -0.25) is 4.79 Å². The highest BCUT2D eigenvalue weighted by Gasteiger charge is 2.33. The van der Waals surface area contributed by atoms with Crippen molar-refractivity contribution >= 4 is 21.9 Å². The summed E-state index contributed by atoms with van der Waals surface area (Å²) < 4.78 is 38.8. The number of aromatic nitrogens is 2. The van der Waals surface area contributed by atoms with Crippen molar-refractivity contribution in [2.75, 3.05) is 32.8 Å². The highest BCUT2D eigenvalue weighted by Crippen LogP contribution is 2.22. The number of piperazine rings is 1. The van der Waals surface area contributed by atoms with Crippen molar-refractivity contribution < 1.29 is 27.2 Å². The molecular formula is C22H24N4O6S. The van der Waals surface area contributed by atoms with Crippen molar-refractivity contribution in [3.8, 4) is 5.69 Å². The number of nitrogens with zero attached hydrogens (tertiary/aromatic N) is 4. The van der Waals surface area contributed by atoms with Crippen molar-refractivity contribution in [3.05, 3.63) is 65.7 Å². The molecule has 0 N–H and O–H groups in total. The molecule has 1 aliphatic rings. The fourth-order valence-corrected chi connectivity index (χ4v) is 4.86. The highest BCUT2D eigenvalue weighted by atomic mass is 32.2. The molecule has 1 aliphatic heterocycles. The Kier molecular flexibility index (Phi) is 6.34. The van der Waals surface area contributed by atoms with Crippen LogP contribution in [0, 0.1) is 6.92 Å². The van der Waals surface area contributed by atoms with E-state index in [9.17, 15) is 18.0 Å². The zero-order chi connectivity index (χ0) is 23.6. The maximum Gasteiger partial charge on any atom is 0.374 e. The third-order valence-electron chi connectivity index (χ3n) is 5.27. The van der Waals surface area contributed by atoms with Gasteiger partial charge in [0.2, 0.25) is 10.9 Å². The standard InChI is InChI=1S/C22H24N4O6S/c1-3-31-22(28)19-8-9-20(32-19)33(29,30)25-12-10-24(11-13-25)21(27)17-4-6-18(7-5-17)26-15-16(2)14-23-26/h4-9,14-15H,3,10-13H2,1-2H3. The van der Waals surface area contributed by atoms with Crippen LogP contribution in [0.25, 0.3) is 5.69 Å². The normalized spacial score (nSPS) is 14.9. The van der Waals surface area contributed by atoms with Crippen molar-refractivity contribution in [1.82, 2.24) is 19.0 Å².